The zero-order chi connectivity index (χ0) is 23.7. The summed E-state index contributed by atoms with van der Waals surface area (Å²) >= 11 is 0. The SMILES string of the molecule is C[C@H](OC(=O)CNC(=O)C12CC3CC(CC(C3)C1)C2)C(=O)Nc1ccc(N2CCOCC2)cc1. The third kappa shape index (κ3) is 4.92. The lowest BCUT2D eigenvalue weighted by Crippen LogP contribution is -2.54. The van der Waals surface area contributed by atoms with Crippen molar-refractivity contribution in [2.45, 2.75) is 51.6 Å². The molecule has 0 spiro atoms. The van der Waals surface area contributed by atoms with Crippen LogP contribution in [0.3, 0.4) is 0 Å². The number of esters is 1. The molecule has 6 rings (SSSR count). The number of carbonyl (C=O) groups excluding carboxylic acids is 3. The van der Waals surface area contributed by atoms with Crippen LogP contribution in [0.4, 0.5) is 11.4 Å². The van der Waals surface area contributed by atoms with Gasteiger partial charge in [0.25, 0.3) is 5.91 Å². The van der Waals surface area contributed by atoms with Crippen LogP contribution in [0, 0.1) is 23.2 Å². The number of ether oxygens (including phenoxy) is 2. The van der Waals surface area contributed by atoms with Crippen molar-refractivity contribution < 1.29 is 23.9 Å². The number of hydrogen-bond acceptors (Lipinski definition) is 6. The van der Waals surface area contributed by atoms with Gasteiger partial charge in [0, 0.05) is 29.9 Å². The lowest BCUT2D eigenvalue weighted by atomic mass is 9.49. The number of hydrogen-bond donors (Lipinski definition) is 2. The molecule has 1 heterocycles. The van der Waals surface area contributed by atoms with Gasteiger partial charge in [0.15, 0.2) is 6.10 Å². The van der Waals surface area contributed by atoms with Crippen LogP contribution in [0.15, 0.2) is 24.3 Å². The fourth-order valence-electron chi connectivity index (χ4n) is 6.84. The van der Waals surface area contributed by atoms with E-state index in [-0.39, 0.29) is 17.9 Å². The number of benzene rings is 1. The third-order valence-electron chi connectivity index (χ3n) is 8.10. The number of anilines is 2. The number of nitrogens with one attached hydrogen (secondary N) is 2. The summed E-state index contributed by atoms with van der Waals surface area (Å²) in [5.41, 5.74) is 1.42. The van der Waals surface area contributed by atoms with Crippen LogP contribution < -0.4 is 15.5 Å². The Labute approximate surface area is 200 Å². The average Bonchev–Trinajstić information content (AvgIpc) is 2.82. The Morgan fingerprint density at radius 1 is 1.03 bits per heavy atom. The summed E-state index contributed by atoms with van der Waals surface area (Å²) in [5.74, 6) is 0.978. The highest BCUT2D eigenvalue weighted by Gasteiger charge is 2.54. The van der Waals surface area contributed by atoms with E-state index in [4.69, 9.17) is 9.47 Å². The zero-order valence-electron chi connectivity index (χ0n) is 19.9. The molecule has 1 aromatic carbocycles. The summed E-state index contributed by atoms with van der Waals surface area (Å²) in [7, 11) is 0. The maximum Gasteiger partial charge on any atom is 0.326 e. The maximum absolute atomic E-state index is 13.0. The van der Waals surface area contributed by atoms with Gasteiger partial charge in [0.05, 0.1) is 13.2 Å². The molecule has 8 heteroatoms. The molecular formula is C26H35N3O5. The summed E-state index contributed by atoms with van der Waals surface area (Å²) in [6.45, 7) is 4.45. The molecule has 4 bridgehead atoms. The molecule has 34 heavy (non-hydrogen) atoms. The lowest BCUT2D eigenvalue weighted by Gasteiger charge is -2.55. The molecule has 2 N–H and O–H groups in total. The number of rotatable bonds is 7. The van der Waals surface area contributed by atoms with E-state index >= 15 is 0 Å². The van der Waals surface area contributed by atoms with Crippen LogP contribution in [-0.2, 0) is 23.9 Å². The average molecular weight is 470 g/mol. The number of morpholine rings is 1. The van der Waals surface area contributed by atoms with Crippen molar-refractivity contribution in [3.63, 3.8) is 0 Å². The Morgan fingerprint density at radius 3 is 2.21 bits per heavy atom. The van der Waals surface area contributed by atoms with E-state index in [1.807, 2.05) is 24.3 Å². The molecule has 4 saturated carbocycles. The van der Waals surface area contributed by atoms with Crippen LogP contribution >= 0.6 is 0 Å². The van der Waals surface area contributed by atoms with Gasteiger partial charge < -0.3 is 25.0 Å². The second-order valence-electron chi connectivity index (χ2n) is 10.6. The first-order valence-corrected chi connectivity index (χ1v) is 12.6. The maximum atomic E-state index is 13.0. The Balaban J connectivity index is 1.07. The number of carbonyl (C=O) groups is 3. The minimum atomic E-state index is -0.956. The van der Waals surface area contributed by atoms with Crippen molar-refractivity contribution in [2.75, 3.05) is 43.1 Å². The van der Waals surface area contributed by atoms with E-state index < -0.39 is 18.0 Å². The second kappa shape index (κ2) is 9.56. The van der Waals surface area contributed by atoms with Crippen molar-refractivity contribution >= 4 is 29.2 Å². The first-order valence-electron chi connectivity index (χ1n) is 12.6. The van der Waals surface area contributed by atoms with Crippen molar-refractivity contribution in [2.24, 2.45) is 23.2 Å². The van der Waals surface area contributed by atoms with Crippen LogP contribution in [0.2, 0.25) is 0 Å². The van der Waals surface area contributed by atoms with Crippen LogP contribution in [0.5, 0.6) is 0 Å². The van der Waals surface area contributed by atoms with E-state index in [9.17, 15) is 14.4 Å². The number of nitrogens with zero attached hydrogens (tertiary/aromatic N) is 1. The quantitative estimate of drug-likeness (QED) is 0.596. The molecule has 5 fully saturated rings. The first-order chi connectivity index (χ1) is 16.4. The minimum absolute atomic E-state index is 0.0130. The van der Waals surface area contributed by atoms with E-state index in [2.05, 4.69) is 15.5 Å². The molecule has 0 radical (unpaired) electrons. The molecular weight excluding hydrogens is 434 g/mol. The first kappa shape index (κ1) is 23.1. The Hall–Kier alpha value is -2.61. The Morgan fingerprint density at radius 2 is 1.62 bits per heavy atom. The van der Waals surface area contributed by atoms with Gasteiger partial charge in [-0.05, 0) is 87.5 Å². The normalized spacial score (nSPS) is 30.5. The third-order valence-corrected chi connectivity index (χ3v) is 8.10. The topological polar surface area (TPSA) is 97.0 Å². The lowest BCUT2D eigenvalue weighted by molar-refractivity contribution is -0.155. The largest absolute Gasteiger partial charge is 0.451 e. The monoisotopic (exact) mass is 469 g/mol. The predicted octanol–water partition coefficient (Wildman–Crippen LogP) is 2.73. The fourth-order valence-corrected chi connectivity index (χ4v) is 6.84. The summed E-state index contributed by atoms with van der Waals surface area (Å²) in [6.07, 6.45) is 5.67. The molecule has 2 amide bonds. The van der Waals surface area contributed by atoms with Gasteiger partial charge in [-0.1, -0.05) is 0 Å². The molecule has 1 atom stereocenters. The molecule has 184 valence electrons. The van der Waals surface area contributed by atoms with Gasteiger partial charge in [0.1, 0.15) is 6.54 Å². The van der Waals surface area contributed by atoms with Gasteiger partial charge in [-0.2, -0.15) is 0 Å². The molecule has 0 aromatic heterocycles. The summed E-state index contributed by atoms with van der Waals surface area (Å²) in [6, 6.07) is 7.58. The van der Waals surface area contributed by atoms with Gasteiger partial charge in [-0.3, -0.25) is 14.4 Å². The van der Waals surface area contributed by atoms with E-state index in [0.717, 1.165) is 38.0 Å². The summed E-state index contributed by atoms with van der Waals surface area (Å²) < 4.78 is 10.7. The molecule has 4 aliphatic carbocycles. The summed E-state index contributed by atoms with van der Waals surface area (Å²) in [5, 5.41) is 5.60. The minimum Gasteiger partial charge on any atom is -0.451 e. The molecule has 1 aromatic rings. The van der Waals surface area contributed by atoms with Gasteiger partial charge >= 0.3 is 5.97 Å². The smallest absolute Gasteiger partial charge is 0.326 e. The van der Waals surface area contributed by atoms with Crippen LogP contribution in [-0.4, -0.2) is 56.7 Å². The van der Waals surface area contributed by atoms with E-state index in [0.29, 0.717) is 36.7 Å². The van der Waals surface area contributed by atoms with Crippen molar-refractivity contribution in [3.8, 4) is 0 Å². The highest BCUT2D eigenvalue weighted by molar-refractivity contribution is 5.95. The highest BCUT2D eigenvalue weighted by atomic mass is 16.5. The fraction of sp³-hybridized carbons (Fsp3) is 0.654. The number of amides is 2. The van der Waals surface area contributed by atoms with Crippen LogP contribution in [0.25, 0.3) is 0 Å². The molecule has 1 saturated heterocycles. The van der Waals surface area contributed by atoms with Gasteiger partial charge in [0.2, 0.25) is 5.91 Å². The van der Waals surface area contributed by atoms with E-state index in [1.54, 1.807) is 0 Å². The van der Waals surface area contributed by atoms with Crippen molar-refractivity contribution in [3.05, 3.63) is 24.3 Å². The molecule has 8 nitrogen and oxygen atoms in total. The van der Waals surface area contributed by atoms with Crippen LogP contribution in [0.1, 0.15) is 45.4 Å². The summed E-state index contributed by atoms with van der Waals surface area (Å²) in [4.78, 5) is 40.1. The Kier molecular flexibility index (Phi) is 6.51. The van der Waals surface area contributed by atoms with Crippen molar-refractivity contribution in [1.29, 1.82) is 0 Å². The van der Waals surface area contributed by atoms with Gasteiger partial charge in [-0.15, -0.1) is 0 Å². The second-order valence-corrected chi connectivity index (χ2v) is 10.6. The van der Waals surface area contributed by atoms with E-state index in [1.165, 1.54) is 26.2 Å². The molecule has 5 aliphatic rings. The predicted molar refractivity (Wildman–Crippen MR) is 127 cm³/mol. The zero-order valence-corrected chi connectivity index (χ0v) is 19.9. The standard InChI is InChI=1S/C26H35N3O5/c1-17(24(31)28-21-2-4-22(5-3-21)29-6-8-33-9-7-29)34-23(30)16-27-25(32)26-13-18-10-19(14-26)12-20(11-18)15-26/h2-5,17-20H,6-16H2,1H3,(H,27,32)(H,28,31)/t17-,18?,19?,20?,26?/m0/s1. The molecule has 0 unspecified atom stereocenters. The highest BCUT2D eigenvalue weighted by Crippen LogP contribution is 2.60. The Bertz CT molecular complexity index is 890. The van der Waals surface area contributed by atoms with Gasteiger partial charge in [-0.25, -0.2) is 0 Å². The molecule has 1 aliphatic heterocycles. The van der Waals surface area contributed by atoms with Crippen molar-refractivity contribution in [1.82, 2.24) is 5.32 Å².